The molecule has 0 spiro atoms. The molecule has 0 radical (unpaired) electrons. The molecule has 2 N–H and O–H groups in total. The fourth-order valence-electron chi connectivity index (χ4n) is 2.95. The lowest BCUT2D eigenvalue weighted by Gasteiger charge is -2.31. The fourth-order valence-corrected chi connectivity index (χ4v) is 4.32. The van der Waals surface area contributed by atoms with Crippen LogP contribution in [0.4, 0.5) is 0 Å². The van der Waals surface area contributed by atoms with Gasteiger partial charge in [0.2, 0.25) is 0 Å². The predicted molar refractivity (Wildman–Crippen MR) is 77.1 cm³/mol. The molecule has 0 saturated heterocycles. The third-order valence-corrected chi connectivity index (χ3v) is 5.62. The van der Waals surface area contributed by atoms with Crippen molar-refractivity contribution in [3.8, 4) is 5.75 Å². The van der Waals surface area contributed by atoms with Gasteiger partial charge < -0.3 is 10.5 Å². The van der Waals surface area contributed by atoms with Gasteiger partial charge in [0.25, 0.3) is 0 Å². The molecule has 1 aliphatic heterocycles. The lowest BCUT2D eigenvalue weighted by atomic mass is 10.0. The molecule has 0 aromatic heterocycles. The van der Waals surface area contributed by atoms with Crippen LogP contribution in [0.1, 0.15) is 37.3 Å². The van der Waals surface area contributed by atoms with Crippen LogP contribution in [-0.2, 0) is 0 Å². The van der Waals surface area contributed by atoms with Gasteiger partial charge in [-0.3, -0.25) is 0 Å². The smallest absolute Gasteiger partial charge is 0.124 e. The molecule has 0 amide bonds. The van der Waals surface area contributed by atoms with Gasteiger partial charge in [-0.05, 0) is 30.6 Å². The zero-order chi connectivity index (χ0) is 12.4. The number of hydrogen-bond donors (Lipinski definition) is 1. The van der Waals surface area contributed by atoms with Crippen molar-refractivity contribution in [3.63, 3.8) is 0 Å². The maximum absolute atomic E-state index is 6.37. The Labute approximate surface area is 113 Å². The maximum atomic E-state index is 6.37. The molecule has 2 unspecified atom stereocenters. The molecule has 1 saturated carbocycles. The van der Waals surface area contributed by atoms with Crippen LogP contribution in [0.2, 0.25) is 0 Å². The molecule has 1 heterocycles. The normalized spacial score (nSPS) is 27.8. The Hall–Kier alpha value is -0.670. The number of rotatable bonds is 3. The molecule has 3 heteroatoms. The Bertz CT molecular complexity index is 403. The summed E-state index contributed by atoms with van der Waals surface area (Å²) in [6, 6.07) is 8.31. The summed E-state index contributed by atoms with van der Waals surface area (Å²) >= 11 is 2.02. The van der Waals surface area contributed by atoms with Crippen LogP contribution in [0.15, 0.2) is 24.3 Å². The Kier molecular flexibility index (Phi) is 3.80. The van der Waals surface area contributed by atoms with Gasteiger partial charge in [-0.25, -0.2) is 0 Å². The van der Waals surface area contributed by atoms with Gasteiger partial charge in [-0.1, -0.05) is 31.0 Å². The van der Waals surface area contributed by atoms with E-state index in [0.29, 0.717) is 5.25 Å². The summed E-state index contributed by atoms with van der Waals surface area (Å²) in [5.74, 6) is 3.14. The van der Waals surface area contributed by atoms with E-state index < -0.39 is 0 Å². The van der Waals surface area contributed by atoms with Crippen LogP contribution in [0.25, 0.3) is 0 Å². The molecule has 1 aromatic carbocycles. The van der Waals surface area contributed by atoms with Crippen molar-refractivity contribution in [2.24, 2.45) is 11.7 Å². The zero-order valence-electron chi connectivity index (χ0n) is 10.7. The van der Waals surface area contributed by atoms with Crippen LogP contribution in [0.3, 0.4) is 0 Å². The highest BCUT2D eigenvalue weighted by atomic mass is 32.2. The molecule has 0 bridgehead atoms. The Balaban J connectivity index is 1.61. The van der Waals surface area contributed by atoms with Gasteiger partial charge in [0.15, 0.2) is 0 Å². The van der Waals surface area contributed by atoms with E-state index in [1.54, 1.807) is 0 Å². The summed E-state index contributed by atoms with van der Waals surface area (Å²) < 4.78 is 5.82. The lowest BCUT2D eigenvalue weighted by Crippen LogP contribution is -2.34. The van der Waals surface area contributed by atoms with Crippen molar-refractivity contribution in [3.05, 3.63) is 29.8 Å². The van der Waals surface area contributed by atoms with Gasteiger partial charge in [0, 0.05) is 11.6 Å². The summed E-state index contributed by atoms with van der Waals surface area (Å²) in [6.45, 7) is 0.759. The fraction of sp³-hybridized carbons (Fsp3) is 0.600. The average Bonchev–Trinajstić information content (AvgIpc) is 2.91. The van der Waals surface area contributed by atoms with E-state index in [-0.39, 0.29) is 6.04 Å². The first-order valence-electron chi connectivity index (χ1n) is 6.93. The topological polar surface area (TPSA) is 35.2 Å². The second-order valence-electron chi connectivity index (χ2n) is 5.40. The van der Waals surface area contributed by atoms with Crippen molar-refractivity contribution < 1.29 is 4.74 Å². The highest BCUT2D eigenvalue weighted by Gasteiger charge is 2.29. The van der Waals surface area contributed by atoms with E-state index in [1.807, 2.05) is 30.0 Å². The van der Waals surface area contributed by atoms with Gasteiger partial charge in [-0.2, -0.15) is 11.8 Å². The summed E-state index contributed by atoms with van der Waals surface area (Å²) in [6.07, 6.45) is 5.65. The van der Waals surface area contributed by atoms with E-state index in [2.05, 4.69) is 6.07 Å². The van der Waals surface area contributed by atoms with Crippen LogP contribution in [0, 0.1) is 5.92 Å². The number of ether oxygens (including phenoxy) is 1. The third-order valence-electron chi connectivity index (χ3n) is 4.10. The second kappa shape index (κ2) is 5.54. The van der Waals surface area contributed by atoms with Crippen LogP contribution in [0.5, 0.6) is 5.75 Å². The van der Waals surface area contributed by atoms with Crippen molar-refractivity contribution in [1.29, 1.82) is 0 Å². The molecule has 2 nitrogen and oxygen atoms in total. The van der Waals surface area contributed by atoms with E-state index in [9.17, 15) is 0 Å². The van der Waals surface area contributed by atoms with Gasteiger partial charge in [0.1, 0.15) is 12.4 Å². The Morgan fingerprint density at radius 1 is 1.22 bits per heavy atom. The zero-order valence-corrected chi connectivity index (χ0v) is 11.5. The number of thioether (sulfide) groups is 1. The number of fused-ring (bicyclic) bond motifs is 1. The summed E-state index contributed by atoms with van der Waals surface area (Å²) in [5, 5.41) is 0.417. The molecule has 1 fully saturated rings. The highest BCUT2D eigenvalue weighted by Crippen LogP contribution is 2.38. The predicted octanol–water partition coefficient (Wildman–Crippen LogP) is 3.37. The SMILES string of the molecule is NC1c2ccccc2OCC1SCC1CCCC1. The third kappa shape index (κ3) is 2.52. The maximum Gasteiger partial charge on any atom is 0.124 e. The molecule has 18 heavy (non-hydrogen) atoms. The first-order chi connectivity index (χ1) is 8.84. The van der Waals surface area contributed by atoms with E-state index in [1.165, 1.54) is 37.0 Å². The molecule has 3 rings (SSSR count). The van der Waals surface area contributed by atoms with E-state index in [4.69, 9.17) is 10.5 Å². The van der Waals surface area contributed by atoms with E-state index >= 15 is 0 Å². The largest absolute Gasteiger partial charge is 0.492 e. The minimum atomic E-state index is 0.126. The molecule has 1 aromatic rings. The molecular formula is C15H21NOS. The summed E-state index contributed by atoms with van der Waals surface area (Å²) in [7, 11) is 0. The van der Waals surface area contributed by atoms with E-state index in [0.717, 1.165) is 18.3 Å². The van der Waals surface area contributed by atoms with Gasteiger partial charge in [-0.15, -0.1) is 0 Å². The Morgan fingerprint density at radius 3 is 2.83 bits per heavy atom. The number of nitrogens with two attached hydrogens (primary N) is 1. The number of benzene rings is 1. The summed E-state index contributed by atoms with van der Waals surface area (Å²) in [4.78, 5) is 0. The first kappa shape index (κ1) is 12.4. The van der Waals surface area contributed by atoms with Crippen molar-refractivity contribution in [2.75, 3.05) is 12.4 Å². The number of hydrogen-bond acceptors (Lipinski definition) is 3. The highest BCUT2D eigenvalue weighted by molar-refractivity contribution is 8.00. The monoisotopic (exact) mass is 263 g/mol. The van der Waals surface area contributed by atoms with Crippen molar-refractivity contribution in [1.82, 2.24) is 0 Å². The molecule has 1 aliphatic carbocycles. The number of para-hydroxylation sites is 1. The van der Waals surface area contributed by atoms with Crippen LogP contribution in [-0.4, -0.2) is 17.6 Å². The Morgan fingerprint density at radius 2 is 2.00 bits per heavy atom. The van der Waals surface area contributed by atoms with Crippen molar-refractivity contribution >= 4 is 11.8 Å². The molecular weight excluding hydrogens is 242 g/mol. The van der Waals surface area contributed by atoms with Gasteiger partial charge >= 0.3 is 0 Å². The first-order valence-corrected chi connectivity index (χ1v) is 7.98. The quantitative estimate of drug-likeness (QED) is 0.908. The van der Waals surface area contributed by atoms with Gasteiger partial charge in [0.05, 0.1) is 5.25 Å². The standard InChI is InChI=1S/C15H21NOS/c16-15-12-7-3-4-8-13(12)17-9-14(15)18-10-11-5-1-2-6-11/h3-4,7-8,11,14-15H,1-2,5-6,9-10,16H2. The van der Waals surface area contributed by atoms with Crippen LogP contribution < -0.4 is 10.5 Å². The minimum Gasteiger partial charge on any atom is -0.492 e. The van der Waals surface area contributed by atoms with Crippen LogP contribution >= 0.6 is 11.8 Å². The van der Waals surface area contributed by atoms with Crippen molar-refractivity contribution in [2.45, 2.75) is 37.0 Å². The molecule has 98 valence electrons. The molecule has 2 atom stereocenters. The second-order valence-corrected chi connectivity index (χ2v) is 6.67. The molecule has 2 aliphatic rings. The summed E-state index contributed by atoms with van der Waals surface area (Å²) in [5.41, 5.74) is 7.55. The average molecular weight is 263 g/mol. The lowest BCUT2D eigenvalue weighted by molar-refractivity contribution is 0.276. The minimum absolute atomic E-state index is 0.126.